The fourth-order valence-corrected chi connectivity index (χ4v) is 7.78. The molecule has 0 bridgehead atoms. The molecule has 0 heterocycles. The maximum Gasteiger partial charge on any atom is 0.306 e. The topological polar surface area (TPSA) is 78.9 Å². The first-order valence-electron chi connectivity index (χ1n) is 25.8. The van der Waals surface area contributed by atoms with E-state index in [1.165, 1.54) is 173 Å². The van der Waals surface area contributed by atoms with Crippen LogP contribution in [0.25, 0.3) is 0 Å². The van der Waals surface area contributed by atoms with Crippen molar-refractivity contribution in [2.45, 2.75) is 291 Å². The summed E-state index contributed by atoms with van der Waals surface area (Å²) >= 11 is 0. The average molecular weight is 821 g/mol. The molecule has 0 radical (unpaired) electrons. The normalized spacial score (nSPS) is 12.5. The Bertz CT molecular complexity index is 887. The first-order valence-corrected chi connectivity index (χ1v) is 25.8. The van der Waals surface area contributed by atoms with E-state index in [-0.39, 0.29) is 31.1 Å². The molecule has 0 aliphatic carbocycles. The number of ether oxygens (including phenoxy) is 3. The summed E-state index contributed by atoms with van der Waals surface area (Å²) in [6.07, 6.45) is 45.2. The molecule has 0 aromatic carbocycles. The second-order valence-corrected chi connectivity index (χ2v) is 18.5. The van der Waals surface area contributed by atoms with Crippen LogP contribution in [0.15, 0.2) is 0 Å². The summed E-state index contributed by atoms with van der Waals surface area (Å²) < 4.78 is 16.8. The molecule has 0 saturated heterocycles. The van der Waals surface area contributed by atoms with Crippen LogP contribution >= 0.6 is 0 Å². The highest BCUT2D eigenvalue weighted by Crippen LogP contribution is 2.18. The third-order valence-corrected chi connectivity index (χ3v) is 12.1. The molecule has 0 rings (SSSR count). The smallest absolute Gasteiger partial charge is 0.306 e. The molecule has 0 spiro atoms. The molecule has 0 fully saturated rings. The third-order valence-electron chi connectivity index (χ3n) is 12.1. The van der Waals surface area contributed by atoms with Crippen molar-refractivity contribution in [3.8, 4) is 0 Å². The van der Waals surface area contributed by atoms with Crippen LogP contribution < -0.4 is 0 Å². The van der Waals surface area contributed by atoms with Gasteiger partial charge in [0.05, 0.1) is 0 Å². The van der Waals surface area contributed by atoms with E-state index in [1.807, 2.05) is 0 Å². The standard InChI is InChI=1S/C52H100O6/c1-6-8-9-10-11-12-13-16-20-23-26-32-37-42-50(53)56-45-49(46-57-51(54)43-38-33-29-28-30-35-40-47(3)4)58-52(55)44-39-34-27-24-21-18-15-14-17-19-22-25-31-36-41-48(5)7-2/h47-49H,6-46H2,1-5H3/t48?,49-/m1/s1. The highest BCUT2D eigenvalue weighted by atomic mass is 16.6. The average Bonchev–Trinajstić information content (AvgIpc) is 3.21. The Labute approximate surface area is 361 Å². The number of esters is 3. The Morgan fingerprint density at radius 2 is 0.655 bits per heavy atom. The van der Waals surface area contributed by atoms with Gasteiger partial charge < -0.3 is 14.2 Å². The quantitative estimate of drug-likeness (QED) is 0.0346. The van der Waals surface area contributed by atoms with Crippen molar-refractivity contribution >= 4 is 17.9 Å². The van der Waals surface area contributed by atoms with E-state index in [1.54, 1.807) is 0 Å². The minimum Gasteiger partial charge on any atom is -0.462 e. The van der Waals surface area contributed by atoms with E-state index < -0.39 is 6.10 Å². The minimum atomic E-state index is -0.761. The number of unbranched alkanes of at least 4 members (excludes halogenated alkanes) is 30. The third kappa shape index (κ3) is 44.0. The largest absolute Gasteiger partial charge is 0.462 e. The molecule has 6 nitrogen and oxygen atoms in total. The highest BCUT2D eigenvalue weighted by Gasteiger charge is 2.19. The summed E-state index contributed by atoms with van der Waals surface area (Å²) in [7, 11) is 0. The van der Waals surface area contributed by atoms with Gasteiger partial charge in [0, 0.05) is 19.3 Å². The molecule has 58 heavy (non-hydrogen) atoms. The predicted octanol–water partition coefficient (Wildman–Crippen LogP) is 16.5. The Kier molecular flexibility index (Phi) is 43.7. The van der Waals surface area contributed by atoms with E-state index in [0.29, 0.717) is 19.3 Å². The molecule has 2 atom stereocenters. The van der Waals surface area contributed by atoms with Gasteiger partial charge in [0.15, 0.2) is 6.10 Å². The van der Waals surface area contributed by atoms with Crippen LogP contribution in [0.1, 0.15) is 285 Å². The zero-order valence-corrected chi connectivity index (χ0v) is 39.7. The maximum atomic E-state index is 12.8. The Balaban J connectivity index is 4.26. The molecule has 0 aliphatic heterocycles. The lowest BCUT2D eigenvalue weighted by molar-refractivity contribution is -0.167. The van der Waals surface area contributed by atoms with E-state index in [4.69, 9.17) is 14.2 Å². The van der Waals surface area contributed by atoms with Gasteiger partial charge in [0.1, 0.15) is 13.2 Å². The van der Waals surface area contributed by atoms with Crippen LogP contribution in [0, 0.1) is 11.8 Å². The van der Waals surface area contributed by atoms with Gasteiger partial charge in [-0.1, -0.05) is 247 Å². The number of rotatable bonds is 46. The zero-order valence-electron chi connectivity index (χ0n) is 39.7. The molecule has 0 aliphatic rings. The molecule has 6 heteroatoms. The lowest BCUT2D eigenvalue weighted by atomic mass is 9.99. The van der Waals surface area contributed by atoms with E-state index >= 15 is 0 Å². The zero-order chi connectivity index (χ0) is 42.6. The van der Waals surface area contributed by atoms with Gasteiger partial charge in [-0.15, -0.1) is 0 Å². The summed E-state index contributed by atoms with van der Waals surface area (Å²) in [5, 5.41) is 0. The lowest BCUT2D eigenvalue weighted by Gasteiger charge is -2.18. The van der Waals surface area contributed by atoms with Crippen molar-refractivity contribution in [3.05, 3.63) is 0 Å². The van der Waals surface area contributed by atoms with Crippen LogP contribution in [-0.4, -0.2) is 37.2 Å². The number of carbonyl (C=O) groups is 3. The monoisotopic (exact) mass is 821 g/mol. The van der Waals surface area contributed by atoms with Crippen LogP contribution in [0.5, 0.6) is 0 Å². The fourth-order valence-electron chi connectivity index (χ4n) is 7.78. The second kappa shape index (κ2) is 44.9. The van der Waals surface area contributed by atoms with Crippen molar-refractivity contribution < 1.29 is 28.6 Å². The van der Waals surface area contributed by atoms with Crippen molar-refractivity contribution in [2.24, 2.45) is 11.8 Å². The molecular formula is C52H100O6. The molecular weight excluding hydrogens is 721 g/mol. The van der Waals surface area contributed by atoms with E-state index in [2.05, 4.69) is 34.6 Å². The van der Waals surface area contributed by atoms with Crippen LogP contribution in [0.3, 0.4) is 0 Å². The van der Waals surface area contributed by atoms with Gasteiger partial charge in [-0.25, -0.2) is 0 Å². The van der Waals surface area contributed by atoms with Gasteiger partial charge in [0.25, 0.3) is 0 Å². The number of carbonyl (C=O) groups excluding carboxylic acids is 3. The van der Waals surface area contributed by atoms with Crippen molar-refractivity contribution in [1.82, 2.24) is 0 Å². The SMILES string of the molecule is CCCCCCCCCCCCCCCC(=O)OC[C@H](COC(=O)CCCCCCCCC(C)C)OC(=O)CCCCCCCCCCCCCCCCC(C)CC. The predicted molar refractivity (Wildman–Crippen MR) is 247 cm³/mol. The van der Waals surface area contributed by atoms with E-state index in [0.717, 1.165) is 69.6 Å². The van der Waals surface area contributed by atoms with Crippen molar-refractivity contribution in [1.29, 1.82) is 0 Å². The number of hydrogen-bond acceptors (Lipinski definition) is 6. The van der Waals surface area contributed by atoms with Crippen LogP contribution in [0.4, 0.5) is 0 Å². The van der Waals surface area contributed by atoms with Gasteiger partial charge in [-0.2, -0.15) is 0 Å². The summed E-state index contributed by atoms with van der Waals surface area (Å²) in [5.41, 5.74) is 0. The fraction of sp³-hybridized carbons (Fsp3) is 0.942. The summed E-state index contributed by atoms with van der Waals surface area (Å²) in [6.45, 7) is 11.3. The first kappa shape index (κ1) is 56.4. The molecule has 0 aromatic heterocycles. The Morgan fingerprint density at radius 1 is 0.362 bits per heavy atom. The molecule has 344 valence electrons. The summed E-state index contributed by atoms with van der Waals surface area (Å²) in [4.78, 5) is 37.9. The summed E-state index contributed by atoms with van der Waals surface area (Å²) in [5.74, 6) is 0.805. The van der Waals surface area contributed by atoms with Gasteiger partial charge >= 0.3 is 17.9 Å². The first-order chi connectivity index (χ1) is 28.3. The lowest BCUT2D eigenvalue weighted by Crippen LogP contribution is -2.30. The van der Waals surface area contributed by atoms with Gasteiger partial charge in [-0.3, -0.25) is 14.4 Å². The Hall–Kier alpha value is -1.59. The molecule has 0 aromatic rings. The maximum absolute atomic E-state index is 12.8. The Morgan fingerprint density at radius 3 is 0.983 bits per heavy atom. The minimum absolute atomic E-state index is 0.0644. The van der Waals surface area contributed by atoms with Crippen LogP contribution in [0.2, 0.25) is 0 Å². The molecule has 0 saturated carbocycles. The van der Waals surface area contributed by atoms with Crippen molar-refractivity contribution in [2.75, 3.05) is 13.2 Å². The van der Waals surface area contributed by atoms with Gasteiger partial charge in [0.2, 0.25) is 0 Å². The highest BCUT2D eigenvalue weighted by molar-refractivity contribution is 5.71. The molecule has 0 amide bonds. The van der Waals surface area contributed by atoms with Crippen LogP contribution in [-0.2, 0) is 28.6 Å². The van der Waals surface area contributed by atoms with Crippen molar-refractivity contribution in [3.63, 3.8) is 0 Å². The number of hydrogen-bond donors (Lipinski definition) is 0. The molecule has 1 unspecified atom stereocenters. The second-order valence-electron chi connectivity index (χ2n) is 18.5. The van der Waals surface area contributed by atoms with E-state index in [9.17, 15) is 14.4 Å². The van der Waals surface area contributed by atoms with Gasteiger partial charge in [-0.05, 0) is 31.1 Å². The summed E-state index contributed by atoms with van der Waals surface area (Å²) in [6, 6.07) is 0. The molecule has 0 N–H and O–H groups in total.